The Balaban J connectivity index is 1.49. The molecule has 3 heterocycles. The number of carbonyl (C=O) groups is 1. The first kappa shape index (κ1) is 16.2. The van der Waals surface area contributed by atoms with Crippen molar-refractivity contribution in [1.82, 2.24) is 19.8 Å². The minimum absolute atomic E-state index is 0.0257. The number of aliphatic hydroxyl groups excluding tert-OH is 1. The second kappa shape index (κ2) is 6.54. The maximum absolute atomic E-state index is 12.8. The van der Waals surface area contributed by atoms with E-state index in [1.54, 1.807) is 18.0 Å². The Bertz CT molecular complexity index is 794. The molecule has 0 bridgehead atoms. The van der Waals surface area contributed by atoms with Crippen molar-refractivity contribution in [2.45, 2.75) is 32.0 Å². The van der Waals surface area contributed by atoms with E-state index in [1.165, 1.54) is 17.5 Å². The molecule has 1 fully saturated rings. The standard InChI is InChI=1S/C19H22N4O2/c1-13-16(8-20-12-21-13)19(25)23-10-17(18(24)11-23)22-7-6-14-4-2-3-5-15(14)9-22/h2-5,8,12,17-18,24H,6-7,9-11H2,1H3/t17-,18-/m1/s1. The van der Waals surface area contributed by atoms with Gasteiger partial charge in [-0.15, -0.1) is 0 Å². The van der Waals surface area contributed by atoms with Crippen molar-refractivity contribution in [2.75, 3.05) is 19.6 Å². The maximum atomic E-state index is 12.8. The Morgan fingerprint density at radius 2 is 2.04 bits per heavy atom. The van der Waals surface area contributed by atoms with Gasteiger partial charge in [0.1, 0.15) is 6.33 Å². The van der Waals surface area contributed by atoms with E-state index >= 15 is 0 Å². The molecule has 6 nitrogen and oxygen atoms in total. The SMILES string of the molecule is Cc1ncncc1C(=O)N1C[C@@H](O)[C@H](N2CCc3ccccc3C2)C1. The zero-order valence-corrected chi connectivity index (χ0v) is 14.3. The van der Waals surface area contributed by atoms with Gasteiger partial charge in [-0.05, 0) is 24.5 Å². The third-order valence-electron chi connectivity index (χ3n) is 5.32. The topological polar surface area (TPSA) is 69.6 Å². The van der Waals surface area contributed by atoms with Gasteiger partial charge in [0.15, 0.2) is 0 Å². The predicted octanol–water partition coefficient (Wildman–Crippen LogP) is 1.03. The molecule has 25 heavy (non-hydrogen) atoms. The van der Waals surface area contributed by atoms with Gasteiger partial charge in [-0.3, -0.25) is 9.69 Å². The first-order chi connectivity index (χ1) is 12.1. The Morgan fingerprint density at radius 3 is 2.84 bits per heavy atom. The number of hydrogen-bond acceptors (Lipinski definition) is 5. The highest BCUT2D eigenvalue weighted by Gasteiger charge is 2.39. The Labute approximate surface area is 147 Å². The van der Waals surface area contributed by atoms with Crippen LogP contribution in [-0.2, 0) is 13.0 Å². The third kappa shape index (κ3) is 3.03. The molecule has 1 N–H and O–H groups in total. The summed E-state index contributed by atoms with van der Waals surface area (Å²) >= 11 is 0. The summed E-state index contributed by atoms with van der Waals surface area (Å²) in [5.41, 5.74) is 3.89. The van der Waals surface area contributed by atoms with Gasteiger partial charge in [0, 0.05) is 32.4 Å². The maximum Gasteiger partial charge on any atom is 0.257 e. The third-order valence-corrected chi connectivity index (χ3v) is 5.32. The monoisotopic (exact) mass is 338 g/mol. The van der Waals surface area contributed by atoms with Gasteiger partial charge in [0.25, 0.3) is 5.91 Å². The lowest BCUT2D eigenvalue weighted by atomic mass is 9.98. The summed E-state index contributed by atoms with van der Waals surface area (Å²) in [5, 5.41) is 10.6. The average Bonchev–Trinajstić information content (AvgIpc) is 3.03. The van der Waals surface area contributed by atoms with Gasteiger partial charge in [-0.1, -0.05) is 24.3 Å². The van der Waals surface area contributed by atoms with Gasteiger partial charge in [0.05, 0.1) is 23.4 Å². The number of likely N-dealkylation sites (tertiary alicyclic amines) is 1. The van der Waals surface area contributed by atoms with Gasteiger partial charge in [-0.2, -0.15) is 0 Å². The summed E-state index contributed by atoms with van der Waals surface area (Å²) in [4.78, 5) is 24.8. The normalized spacial score (nSPS) is 23.5. The molecule has 2 aromatic rings. The molecule has 0 saturated carbocycles. The van der Waals surface area contributed by atoms with Crippen LogP contribution in [0.3, 0.4) is 0 Å². The smallest absolute Gasteiger partial charge is 0.257 e. The first-order valence-electron chi connectivity index (χ1n) is 8.68. The van der Waals surface area contributed by atoms with E-state index in [2.05, 4.69) is 39.1 Å². The summed E-state index contributed by atoms with van der Waals surface area (Å²) in [6, 6.07) is 8.43. The molecular weight excluding hydrogens is 316 g/mol. The number of benzene rings is 1. The molecule has 1 amide bonds. The van der Waals surface area contributed by atoms with E-state index in [4.69, 9.17) is 0 Å². The van der Waals surface area contributed by atoms with Crippen molar-refractivity contribution < 1.29 is 9.90 Å². The number of nitrogens with zero attached hydrogens (tertiary/aromatic N) is 4. The number of hydrogen-bond donors (Lipinski definition) is 1. The van der Waals surface area contributed by atoms with Crippen molar-refractivity contribution >= 4 is 5.91 Å². The fourth-order valence-electron chi connectivity index (χ4n) is 3.87. The molecule has 2 aliphatic heterocycles. The fourth-order valence-corrected chi connectivity index (χ4v) is 3.87. The number of aliphatic hydroxyl groups is 1. The molecule has 130 valence electrons. The van der Waals surface area contributed by atoms with Crippen LogP contribution in [0.4, 0.5) is 0 Å². The molecule has 0 spiro atoms. The average molecular weight is 338 g/mol. The predicted molar refractivity (Wildman–Crippen MR) is 93.0 cm³/mol. The van der Waals surface area contributed by atoms with Crippen LogP contribution >= 0.6 is 0 Å². The van der Waals surface area contributed by atoms with Gasteiger partial charge >= 0.3 is 0 Å². The number of β-amino-alcohol motifs (C(OH)–C–C–N with tert-alkyl or cyclic N) is 1. The van der Waals surface area contributed by atoms with E-state index in [0.717, 1.165) is 19.5 Å². The molecule has 6 heteroatoms. The van der Waals surface area contributed by atoms with Crippen LogP contribution in [-0.4, -0.2) is 62.6 Å². The molecule has 1 aromatic heterocycles. The second-order valence-corrected chi connectivity index (χ2v) is 6.86. The highest BCUT2D eigenvalue weighted by molar-refractivity contribution is 5.95. The van der Waals surface area contributed by atoms with Crippen molar-refractivity contribution in [1.29, 1.82) is 0 Å². The van der Waals surface area contributed by atoms with Crippen molar-refractivity contribution in [3.05, 3.63) is 59.2 Å². The van der Waals surface area contributed by atoms with Crippen LogP contribution < -0.4 is 0 Å². The van der Waals surface area contributed by atoms with Crippen molar-refractivity contribution in [3.8, 4) is 0 Å². The van der Waals surface area contributed by atoms with Crippen LogP contribution in [0.1, 0.15) is 27.2 Å². The Kier molecular flexibility index (Phi) is 4.23. The van der Waals surface area contributed by atoms with Crippen molar-refractivity contribution in [2.24, 2.45) is 0 Å². The van der Waals surface area contributed by atoms with Gasteiger partial charge < -0.3 is 10.0 Å². The highest BCUT2D eigenvalue weighted by atomic mass is 16.3. The van der Waals surface area contributed by atoms with Gasteiger partial charge in [-0.25, -0.2) is 9.97 Å². The van der Waals surface area contributed by atoms with Crippen LogP contribution in [0, 0.1) is 6.92 Å². The summed E-state index contributed by atoms with van der Waals surface area (Å²) in [5.74, 6) is -0.0999. The second-order valence-electron chi connectivity index (χ2n) is 6.86. The van der Waals surface area contributed by atoms with Crippen LogP contribution in [0.25, 0.3) is 0 Å². The van der Waals surface area contributed by atoms with E-state index in [9.17, 15) is 9.90 Å². The van der Waals surface area contributed by atoms with E-state index in [0.29, 0.717) is 24.3 Å². The van der Waals surface area contributed by atoms with E-state index in [1.807, 2.05) is 0 Å². The lowest BCUT2D eigenvalue weighted by Gasteiger charge is -2.34. The molecule has 2 atom stereocenters. The zero-order valence-electron chi connectivity index (χ0n) is 14.3. The summed E-state index contributed by atoms with van der Waals surface area (Å²) < 4.78 is 0. The van der Waals surface area contributed by atoms with E-state index < -0.39 is 6.10 Å². The highest BCUT2D eigenvalue weighted by Crippen LogP contribution is 2.25. The summed E-state index contributed by atoms with van der Waals surface area (Å²) in [6.45, 7) is 4.44. The lowest BCUT2D eigenvalue weighted by Crippen LogP contribution is -2.45. The molecular formula is C19H22N4O2. The molecule has 2 aliphatic rings. The molecule has 0 radical (unpaired) electrons. The minimum Gasteiger partial charge on any atom is -0.390 e. The van der Waals surface area contributed by atoms with Crippen LogP contribution in [0.5, 0.6) is 0 Å². The molecule has 0 unspecified atom stereocenters. The molecule has 1 aromatic carbocycles. The molecule has 1 saturated heterocycles. The van der Waals surface area contributed by atoms with Crippen LogP contribution in [0.15, 0.2) is 36.8 Å². The zero-order chi connectivity index (χ0) is 17.4. The molecule has 0 aliphatic carbocycles. The van der Waals surface area contributed by atoms with Gasteiger partial charge in [0.2, 0.25) is 0 Å². The number of aromatic nitrogens is 2. The molecule has 4 rings (SSSR count). The van der Waals surface area contributed by atoms with Crippen molar-refractivity contribution in [3.63, 3.8) is 0 Å². The lowest BCUT2D eigenvalue weighted by molar-refractivity contribution is 0.0735. The Morgan fingerprint density at radius 1 is 1.24 bits per heavy atom. The minimum atomic E-state index is -0.529. The largest absolute Gasteiger partial charge is 0.390 e. The van der Waals surface area contributed by atoms with E-state index in [-0.39, 0.29) is 11.9 Å². The quantitative estimate of drug-likeness (QED) is 0.886. The first-order valence-corrected chi connectivity index (χ1v) is 8.68. The number of rotatable bonds is 2. The Hall–Kier alpha value is -2.31. The summed E-state index contributed by atoms with van der Waals surface area (Å²) in [6.07, 6.45) is 3.46. The van der Waals surface area contributed by atoms with Crippen LogP contribution in [0.2, 0.25) is 0 Å². The number of amides is 1. The fraction of sp³-hybridized carbons (Fsp3) is 0.421. The number of carbonyl (C=O) groups excluding carboxylic acids is 1. The summed E-state index contributed by atoms with van der Waals surface area (Å²) in [7, 11) is 0. The number of fused-ring (bicyclic) bond motifs is 1. The number of aryl methyl sites for hydroxylation is 1.